The van der Waals surface area contributed by atoms with Crippen molar-refractivity contribution in [3.8, 4) is 5.75 Å². The molecule has 1 N–H and O–H groups in total. The van der Waals surface area contributed by atoms with E-state index in [9.17, 15) is 22.0 Å². The first-order chi connectivity index (χ1) is 15.5. The van der Waals surface area contributed by atoms with Crippen LogP contribution in [0, 0.1) is 13.8 Å². The highest BCUT2D eigenvalue weighted by Crippen LogP contribution is 2.27. The van der Waals surface area contributed by atoms with E-state index in [4.69, 9.17) is 0 Å². The van der Waals surface area contributed by atoms with Crippen LogP contribution in [0.3, 0.4) is 0 Å². The van der Waals surface area contributed by atoms with Crippen molar-refractivity contribution in [3.05, 3.63) is 89.0 Å². The Morgan fingerprint density at radius 1 is 1.00 bits per heavy atom. The van der Waals surface area contributed by atoms with Crippen LogP contribution in [0.15, 0.2) is 66.7 Å². The van der Waals surface area contributed by atoms with E-state index in [-0.39, 0.29) is 23.5 Å². The first-order valence-corrected chi connectivity index (χ1v) is 11.9. The maximum atomic E-state index is 12.6. The molecule has 0 aromatic heterocycles. The Bertz CT molecular complexity index is 1250. The molecule has 3 aromatic carbocycles. The molecule has 6 nitrogen and oxygen atoms in total. The zero-order chi connectivity index (χ0) is 24.2. The molecule has 0 fully saturated rings. The predicted molar refractivity (Wildman–Crippen MR) is 124 cm³/mol. The molecule has 0 heterocycles. The molecule has 9 heteroatoms. The Balaban J connectivity index is 1.78. The number of ether oxygens (including phenoxy) is 1. The molecule has 0 unspecified atom stereocenters. The van der Waals surface area contributed by atoms with Crippen molar-refractivity contribution < 1.29 is 26.7 Å². The fourth-order valence-corrected chi connectivity index (χ4v) is 4.05. The van der Waals surface area contributed by atoms with Crippen LogP contribution in [0.25, 0.3) is 0 Å². The van der Waals surface area contributed by atoms with Gasteiger partial charge < -0.3 is 10.1 Å². The summed E-state index contributed by atoms with van der Waals surface area (Å²) in [7, 11) is -3.55. The molecule has 1 amide bonds. The normalized spacial score (nSPS) is 11.3. The van der Waals surface area contributed by atoms with E-state index < -0.39 is 22.5 Å². The largest absolute Gasteiger partial charge is 0.433 e. The third kappa shape index (κ3) is 6.29. The molecule has 0 radical (unpaired) electrons. The Morgan fingerprint density at radius 3 is 2.27 bits per heavy atom. The van der Waals surface area contributed by atoms with E-state index in [0.29, 0.717) is 11.3 Å². The van der Waals surface area contributed by atoms with Crippen molar-refractivity contribution in [1.82, 2.24) is 0 Å². The number of amides is 1. The molecule has 0 bridgehead atoms. The van der Waals surface area contributed by atoms with E-state index in [1.165, 1.54) is 22.5 Å². The molecule has 0 aliphatic rings. The molecule has 3 rings (SSSR count). The summed E-state index contributed by atoms with van der Waals surface area (Å²) in [6.07, 6.45) is 1.14. The highest BCUT2D eigenvalue weighted by molar-refractivity contribution is 7.92. The summed E-state index contributed by atoms with van der Waals surface area (Å²) in [5.41, 5.74) is 3.66. The van der Waals surface area contributed by atoms with E-state index in [2.05, 4.69) is 10.1 Å². The number of nitrogens with one attached hydrogen (secondary N) is 1. The zero-order valence-electron chi connectivity index (χ0n) is 18.4. The topological polar surface area (TPSA) is 75.7 Å². The van der Waals surface area contributed by atoms with Crippen molar-refractivity contribution in [2.24, 2.45) is 0 Å². The molecule has 174 valence electrons. The minimum Gasteiger partial charge on any atom is -0.433 e. The molecule has 0 saturated carbocycles. The molecule has 0 aliphatic carbocycles. The first-order valence-electron chi connectivity index (χ1n) is 10.0. The summed E-state index contributed by atoms with van der Waals surface area (Å²) in [6, 6.07) is 17.7. The van der Waals surface area contributed by atoms with Gasteiger partial charge in [-0.25, -0.2) is 8.42 Å². The molecule has 0 aliphatic heterocycles. The Kier molecular flexibility index (Phi) is 7.33. The van der Waals surface area contributed by atoms with Crippen molar-refractivity contribution in [2.75, 3.05) is 15.9 Å². The number of halogens is 2. The van der Waals surface area contributed by atoms with Crippen LogP contribution < -0.4 is 14.4 Å². The number of rotatable bonds is 8. The van der Waals surface area contributed by atoms with Gasteiger partial charge in [-0.05, 0) is 66.9 Å². The van der Waals surface area contributed by atoms with E-state index in [0.717, 1.165) is 17.4 Å². The second-order valence-electron chi connectivity index (χ2n) is 7.56. The van der Waals surface area contributed by atoms with Gasteiger partial charge in [0.05, 0.1) is 24.2 Å². The highest BCUT2D eigenvalue weighted by atomic mass is 32.2. The third-order valence-electron chi connectivity index (χ3n) is 5.07. The number of sulfonamides is 1. The molecular formula is C24H24F2N2O4S. The SMILES string of the molecule is Cc1ccc(N(Cc2ccc(C(=O)Nc3ccccc3OC(F)F)cc2)S(C)(=O)=O)cc1C. The van der Waals surface area contributed by atoms with Crippen molar-refractivity contribution in [1.29, 1.82) is 0 Å². The molecule has 3 aromatic rings. The minimum absolute atomic E-state index is 0.0916. The van der Waals surface area contributed by atoms with Gasteiger partial charge in [-0.2, -0.15) is 8.78 Å². The lowest BCUT2D eigenvalue weighted by Crippen LogP contribution is -2.29. The minimum atomic E-state index is -3.55. The van der Waals surface area contributed by atoms with Crippen LogP contribution in [0.5, 0.6) is 5.75 Å². The van der Waals surface area contributed by atoms with Crippen molar-refractivity contribution in [3.63, 3.8) is 0 Å². The fraction of sp³-hybridized carbons (Fsp3) is 0.208. The second-order valence-corrected chi connectivity index (χ2v) is 9.47. The summed E-state index contributed by atoms with van der Waals surface area (Å²) in [6.45, 7) is 0.939. The number of carbonyl (C=O) groups is 1. The first kappa shape index (κ1) is 24.2. The second kappa shape index (κ2) is 9.99. The number of anilines is 2. The van der Waals surface area contributed by atoms with Crippen LogP contribution in [-0.4, -0.2) is 27.2 Å². The van der Waals surface area contributed by atoms with Crippen LogP contribution >= 0.6 is 0 Å². The predicted octanol–water partition coefficient (Wildman–Crippen LogP) is 5.12. The van der Waals surface area contributed by atoms with E-state index in [1.807, 2.05) is 26.0 Å². The molecule has 0 saturated heterocycles. The number of benzene rings is 3. The van der Waals surface area contributed by atoms with Gasteiger partial charge in [-0.1, -0.05) is 30.3 Å². The van der Waals surface area contributed by atoms with Gasteiger partial charge in [0, 0.05) is 5.56 Å². The van der Waals surface area contributed by atoms with Crippen LogP contribution in [0.4, 0.5) is 20.2 Å². The maximum absolute atomic E-state index is 12.6. The van der Waals surface area contributed by atoms with Crippen molar-refractivity contribution >= 4 is 27.3 Å². The van der Waals surface area contributed by atoms with Gasteiger partial charge >= 0.3 is 6.61 Å². The third-order valence-corrected chi connectivity index (χ3v) is 6.21. The standard InChI is InChI=1S/C24H24F2N2O4S/c1-16-8-13-20(14-17(16)2)28(33(3,30)31)15-18-9-11-19(12-10-18)23(29)27-21-6-4-5-7-22(21)32-24(25)26/h4-14,24H,15H2,1-3H3,(H,27,29). The monoisotopic (exact) mass is 474 g/mol. The number of hydrogen-bond acceptors (Lipinski definition) is 4. The Labute approximate surface area is 191 Å². The summed E-state index contributed by atoms with van der Waals surface area (Å²) >= 11 is 0. The van der Waals surface area contributed by atoms with Gasteiger partial charge in [0.2, 0.25) is 10.0 Å². The number of para-hydroxylation sites is 2. The Hall–Kier alpha value is -3.46. The quantitative estimate of drug-likeness (QED) is 0.492. The smallest absolute Gasteiger partial charge is 0.387 e. The summed E-state index contributed by atoms with van der Waals surface area (Å²) in [5.74, 6) is -0.657. The number of carbonyl (C=O) groups excluding carboxylic acids is 1. The highest BCUT2D eigenvalue weighted by Gasteiger charge is 2.19. The van der Waals surface area contributed by atoms with E-state index >= 15 is 0 Å². The van der Waals surface area contributed by atoms with Gasteiger partial charge in [0.15, 0.2) is 0 Å². The van der Waals surface area contributed by atoms with Crippen LogP contribution in [-0.2, 0) is 16.6 Å². The molecule has 0 spiro atoms. The lowest BCUT2D eigenvalue weighted by molar-refractivity contribution is -0.0493. The zero-order valence-corrected chi connectivity index (χ0v) is 19.2. The molecule has 0 atom stereocenters. The Morgan fingerprint density at radius 2 is 1.67 bits per heavy atom. The maximum Gasteiger partial charge on any atom is 0.387 e. The van der Waals surface area contributed by atoms with Gasteiger partial charge in [0.25, 0.3) is 5.91 Å². The van der Waals surface area contributed by atoms with Gasteiger partial charge in [-0.15, -0.1) is 0 Å². The molecule has 33 heavy (non-hydrogen) atoms. The number of aryl methyl sites for hydroxylation is 2. The van der Waals surface area contributed by atoms with Crippen LogP contribution in [0.2, 0.25) is 0 Å². The lowest BCUT2D eigenvalue weighted by atomic mass is 10.1. The summed E-state index contributed by atoms with van der Waals surface area (Å²) in [4.78, 5) is 12.6. The average molecular weight is 475 g/mol. The summed E-state index contributed by atoms with van der Waals surface area (Å²) < 4.78 is 55.7. The van der Waals surface area contributed by atoms with Gasteiger partial charge in [-0.3, -0.25) is 9.10 Å². The van der Waals surface area contributed by atoms with Crippen molar-refractivity contribution in [2.45, 2.75) is 27.0 Å². The average Bonchev–Trinajstić information content (AvgIpc) is 2.75. The van der Waals surface area contributed by atoms with E-state index in [1.54, 1.807) is 36.4 Å². The number of nitrogens with zero attached hydrogens (tertiary/aromatic N) is 1. The van der Waals surface area contributed by atoms with Gasteiger partial charge in [0.1, 0.15) is 5.75 Å². The van der Waals surface area contributed by atoms with Crippen LogP contribution in [0.1, 0.15) is 27.0 Å². The molecular weight excluding hydrogens is 450 g/mol. The summed E-state index contributed by atoms with van der Waals surface area (Å²) in [5, 5.41) is 2.55. The number of alkyl halides is 2. The fourth-order valence-electron chi connectivity index (χ4n) is 3.17. The lowest BCUT2D eigenvalue weighted by Gasteiger charge is -2.23. The number of hydrogen-bond donors (Lipinski definition) is 1.